The van der Waals surface area contributed by atoms with E-state index in [0.717, 1.165) is 25.5 Å². The summed E-state index contributed by atoms with van der Waals surface area (Å²) in [5.74, 6) is 1.15. The van der Waals surface area contributed by atoms with Crippen LogP contribution >= 0.6 is 0 Å². The minimum absolute atomic E-state index is 0.656. The SMILES string of the molecule is CNCc1cnc(N2CCC(N(C)C)C2)c(C)c1. The summed E-state index contributed by atoms with van der Waals surface area (Å²) < 4.78 is 0. The van der Waals surface area contributed by atoms with Gasteiger partial charge in [0.2, 0.25) is 0 Å². The molecule has 0 amide bonds. The van der Waals surface area contributed by atoms with Gasteiger partial charge in [0.1, 0.15) is 5.82 Å². The molecule has 0 spiro atoms. The standard InChI is InChI=1S/C14H24N4/c1-11-7-12(8-15-2)9-16-14(11)18-6-5-13(10-18)17(3)4/h7,9,13,15H,5-6,8,10H2,1-4H3. The molecular weight excluding hydrogens is 224 g/mol. The smallest absolute Gasteiger partial charge is 0.131 e. The van der Waals surface area contributed by atoms with Crippen LogP contribution in [0.3, 0.4) is 0 Å². The van der Waals surface area contributed by atoms with E-state index in [0.29, 0.717) is 6.04 Å². The molecule has 18 heavy (non-hydrogen) atoms. The molecule has 100 valence electrons. The number of pyridine rings is 1. The lowest BCUT2D eigenvalue weighted by Crippen LogP contribution is -2.32. The Hall–Kier alpha value is -1.13. The van der Waals surface area contributed by atoms with Crippen LogP contribution in [0.5, 0.6) is 0 Å². The summed E-state index contributed by atoms with van der Waals surface area (Å²) in [6, 6.07) is 2.89. The van der Waals surface area contributed by atoms with Gasteiger partial charge in [0.25, 0.3) is 0 Å². The molecule has 0 radical (unpaired) electrons. The first kappa shape index (κ1) is 13.3. The molecule has 1 fully saturated rings. The van der Waals surface area contributed by atoms with E-state index in [2.05, 4.69) is 47.2 Å². The average molecular weight is 248 g/mol. The number of hydrogen-bond acceptors (Lipinski definition) is 4. The molecule has 1 atom stereocenters. The topological polar surface area (TPSA) is 31.4 Å². The van der Waals surface area contributed by atoms with E-state index in [-0.39, 0.29) is 0 Å². The number of nitrogens with zero attached hydrogens (tertiary/aromatic N) is 3. The summed E-state index contributed by atoms with van der Waals surface area (Å²) in [6.07, 6.45) is 3.22. The largest absolute Gasteiger partial charge is 0.355 e. The molecule has 1 aliphatic rings. The van der Waals surface area contributed by atoms with Crippen LogP contribution in [0.2, 0.25) is 0 Å². The quantitative estimate of drug-likeness (QED) is 0.869. The predicted octanol–water partition coefficient (Wildman–Crippen LogP) is 1.25. The maximum atomic E-state index is 4.64. The van der Waals surface area contributed by atoms with E-state index in [4.69, 9.17) is 0 Å². The molecule has 1 aromatic heterocycles. The second-order valence-electron chi connectivity index (χ2n) is 5.37. The van der Waals surface area contributed by atoms with Crippen LogP contribution in [0.1, 0.15) is 17.5 Å². The molecule has 0 aromatic carbocycles. The van der Waals surface area contributed by atoms with Crippen LogP contribution < -0.4 is 10.2 Å². The molecule has 4 heteroatoms. The first-order chi connectivity index (χ1) is 8.61. The number of hydrogen-bond donors (Lipinski definition) is 1. The molecule has 1 aliphatic heterocycles. The van der Waals surface area contributed by atoms with Gasteiger partial charge in [-0.05, 0) is 51.7 Å². The lowest BCUT2D eigenvalue weighted by molar-refractivity contribution is 0.315. The van der Waals surface area contributed by atoms with E-state index in [1.54, 1.807) is 0 Å². The van der Waals surface area contributed by atoms with Gasteiger partial charge < -0.3 is 15.1 Å². The van der Waals surface area contributed by atoms with Crippen LogP contribution in [0.25, 0.3) is 0 Å². The van der Waals surface area contributed by atoms with E-state index < -0.39 is 0 Å². The Balaban J connectivity index is 2.10. The van der Waals surface area contributed by atoms with Crippen molar-refractivity contribution < 1.29 is 0 Å². The second-order valence-corrected chi connectivity index (χ2v) is 5.37. The normalized spacial score (nSPS) is 19.8. The highest BCUT2D eigenvalue weighted by Gasteiger charge is 2.25. The number of likely N-dealkylation sites (N-methyl/N-ethyl adjacent to an activating group) is 1. The molecule has 2 rings (SSSR count). The summed E-state index contributed by atoms with van der Waals surface area (Å²) in [4.78, 5) is 9.36. The molecule has 1 unspecified atom stereocenters. The van der Waals surface area contributed by atoms with Crippen molar-refractivity contribution in [1.29, 1.82) is 0 Å². The minimum Gasteiger partial charge on any atom is -0.355 e. The highest BCUT2D eigenvalue weighted by molar-refractivity contribution is 5.48. The Labute approximate surface area is 110 Å². The van der Waals surface area contributed by atoms with Crippen molar-refractivity contribution in [2.24, 2.45) is 0 Å². The molecule has 2 heterocycles. The van der Waals surface area contributed by atoms with Gasteiger partial charge in [-0.2, -0.15) is 0 Å². The molecule has 0 bridgehead atoms. The molecule has 4 nitrogen and oxygen atoms in total. The van der Waals surface area contributed by atoms with Crippen LogP contribution in [0.15, 0.2) is 12.3 Å². The van der Waals surface area contributed by atoms with Crippen molar-refractivity contribution >= 4 is 5.82 Å². The van der Waals surface area contributed by atoms with E-state index in [9.17, 15) is 0 Å². The minimum atomic E-state index is 0.656. The fraction of sp³-hybridized carbons (Fsp3) is 0.643. The van der Waals surface area contributed by atoms with Crippen LogP contribution in [0, 0.1) is 6.92 Å². The number of aryl methyl sites for hydroxylation is 1. The van der Waals surface area contributed by atoms with Crippen molar-refractivity contribution in [3.8, 4) is 0 Å². The van der Waals surface area contributed by atoms with Crippen molar-refractivity contribution in [2.45, 2.75) is 25.9 Å². The van der Waals surface area contributed by atoms with Crippen molar-refractivity contribution in [2.75, 3.05) is 39.1 Å². The summed E-state index contributed by atoms with van der Waals surface area (Å²) in [7, 11) is 6.28. The Morgan fingerprint density at radius 3 is 2.83 bits per heavy atom. The molecular formula is C14H24N4. The van der Waals surface area contributed by atoms with Crippen LogP contribution in [-0.4, -0.2) is 50.2 Å². The lowest BCUT2D eigenvalue weighted by Gasteiger charge is -2.22. The van der Waals surface area contributed by atoms with Gasteiger partial charge >= 0.3 is 0 Å². The molecule has 0 saturated carbocycles. The summed E-state index contributed by atoms with van der Waals surface area (Å²) in [6.45, 7) is 5.24. The third-order valence-corrected chi connectivity index (χ3v) is 3.68. The zero-order valence-corrected chi connectivity index (χ0v) is 11.9. The number of anilines is 1. The summed E-state index contributed by atoms with van der Waals surface area (Å²) in [5.41, 5.74) is 2.53. The average Bonchev–Trinajstić information content (AvgIpc) is 2.79. The first-order valence-electron chi connectivity index (χ1n) is 6.63. The van der Waals surface area contributed by atoms with Crippen molar-refractivity contribution in [1.82, 2.24) is 15.2 Å². The third kappa shape index (κ3) is 2.82. The van der Waals surface area contributed by atoms with Gasteiger partial charge in [-0.3, -0.25) is 0 Å². The monoisotopic (exact) mass is 248 g/mol. The molecule has 1 aromatic rings. The Morgan fingerprint density at radius 2 is 2.28 bits per heavy atom. The maximum absolute atomic E-state index is 4.64. The van der Waals surface area contributed by atoms with Gasteiger partial charge in [0, 0.05) is 31.9 Å². The highest BCUT2D eigenvalue weighted by atomic mass is 15.3. The van der Waals surface area contributed by atoms with Crippen molar-refractivity contribution in [3.63, 3.8) is 0 Å². The predicted molar refractivity (Wildman–Crippen MR) is 76.0 cm³/mol. The highest BCUT2D eigenvalue weighted by Crippen LogP contribution is 2.23. The molecule has 1 N–H and O–H groups in total. The van der Waals surface area contributed by atoms with Crippen molar-refractivity contribution in [3.05, 3.63) is 23.4 Å². The van der Waals surface area contributed by atoms with Gasteiger partial charge in [0.05, 0.1) is 0 Å². The molecule has 1 saturated heterocycles. The third-order valence-electron chi connectivity index (χ3n) is 3.68. The first-order valence-corrected chi connectivity index (χ1v) is 6.63. The van der Waals surface area contributed by atoms with Gasteiger partial charge in [0.15, 0.2) is 0 Å². The summed E-state index contributed by atoms with van der Waals surface area (Å²) >= 11 is 0. The Morgan fingerprint density at radius 1 is 1.50 bits per heavy atom. The Bertz CT molecular complexity index is 403. The van der Waals surface area contributed by atoms with Gasteiger partial charge in [-0.25, -0.2) is 4.98 Å². The second kappa shape index (κ2) is 5.67. The van der Waals surface area contributed by atoms with E-state index in [1.165, 1.54) is 17.5 Å². The number of rotatable bonds is 4. The maximum Gasteiger partial charge on any atom is 0.131 e. The number of aromatic nitrogens is 1. The van der Waals surface area contributed by atoms with Crippen LogP contribution in [-0.2, 0) is 6.54 Å². The van der Waals surface area contributed by atoms with E-state index in [1.807, 2.05) is 13.2 Å². The fourth-order valence-corrected chi connectivity index (χ4v) is 2.61. The van der Waals surface area contributed by atoms with Gasteiger partial charge in [-0.15, -0.1) is 0 Å². The molecule has 0 aliphatic carbocycles. The lowest BCUT2D eigenvalue weighted by atomic mass is 10.2. The van der Waals surface area contributed by atoms with Crippen LogP contribution in [0.4, 0.5) is 5.82 Å². The number of nitrogens with one attached hydrogen (secondary N) is 1. The summed E-state index contributed by atoms with van der Waals surface area (Å²) in [5, 5.41) is 3.16. The van der Waals surface area contributed by atoms with Gasteiger partial charge in [-0.1, -0.05) is 0 Å². The zero-order valence-electron chi connectivity index (χ0n) is 11.9. The van der Waals surface area contributed by atoms with E-state index >= 15 is 0 Å². The fourth-order valence-electron chi connectivity index (χ4n) is 2.61. The zero-order chi connectivity index (χ0) is 13.1. The Kier molecular flexibility index (Phi) is 4.19.